The van der Waals surface area contributed by atoms with Crippen molar-refractivity contribution in [2.45, 2.75) is 38.6 Å². The van der Waals surface area contributed by atoms with Crippen LogP contribution in [0.25, 0.3) is 0 Å². The molecule has 0 bridgehead atoms. The van der Waals surface area contributed by atoms with Crippen molar-refractivity contribution in [3.63, 3.8) is 0 Å². The highest BCUT2D eigenvalue weighted by Crippen LogP contribution is 2.62. The van der Waals surface area contributed by atoms with Gasteiger partial charge in [-0.05, 0) is 35.1 Å². The van der Waals surface area contributed by atoms with Crippen LogP contribution in [-0.4, -0.2) is 20.4 Å². The summed E-state index contributed by atoms with van der Waals surface area (Å²) in [6, 6.07) is 5.71. The van der Waals surface area contributed by atoms with Gasteiger partial charge in [-0.25, -0.2) is 8.42 Å². The first-order chi connectivity index (χ1) is 8.98. The fourth-order valence-electron chi connectivity index (χ4n) is 2.54. The van der Waals surface area contributed by atoms with Gasteiger partial charge < -0.3 is 5.32 Å². The van der Waals surface area contributed by atoms with Crippen LogP contribution in [0.5, 0.6) is 0 Å². The molecule has 110 valence electrons. The second kappa shape index (κ2) is 4.46. The Morgan fingerprint density at radius 2 is 1.55 bits per heavy atom. The molecule has 0 aromatic heterocycles. The van der Waals surface area contributed by atoms with Crippen LogP contribution in [0.2, 0.25) is 0 Å². The molecule has 4 nitrogen and oxygen atoms in total. The largest absolute Gasteiger partial charge is 0.348 e. The van der Waals surface area contributed by atoms with Gasteiger partial charge in [-0.2, -0.15) is 0 Å². The minimum Gasteiger partial charge on any atom is -0.348 e. The minimum atomic E-state index is -3.75. The minimum absolute atomic E-state index is 0.0113. The molecule has 0 radical (unpaired) electrons. The molecule has 1 fully saturated rings. The van der Waals surface area contributed by atoms with E-state index in [1.165, 1.54) is 24.3 Å². The van der Waals surface area contributed by atoms with E-state index in [1.54, 1.807) is 0 Å². The summed E-state index contributed by atoms with van der Waals surface area (Å²) < 4.78 is 22.3. The zero-order valence-corrected chi connectivity index (χ0v) is 13.5. The highest BCUT2D eigenvalue weighted by atomic mass is 35.7. The normalized spacial score (nSPS) is 20.4. The number of hydrogen-bond donors (Lipinski definition) is 1. The van der Waals surface area contributed by atoms with Gasteiger partial charge in [-0.15, -0.1) is 0 Å². The standard InChI is InChI=1S/C14H18ClNO3S/c1-13(2)12(14(13,3)4)16-11(17)9-5-7-10(8-6-9)20(15,18)19/h5-8,12H,1-4H3,(H,16,17). The van der Waals surface area contributed by atoms with E-state index in [-0.39, 0.29) is 27.7 Å². The summed E-state index contributed by atoms with van der Waals surface area (Å²) in [5.74, 6) is -0.202. The van der Waals surface area contributed by atoms with E-state index in [4.69, 9.17) is 10.7 Å². The summed E-state index contributed by atoms with van der Waals surface area (Å²) in [4.78, 5) is 12.1. The molecule has 0 spiro atoms. The van der Waals surface area contributed by atoms with Crippen LogP contribution < -0.4 is 5.32 Å². The molecule has 6 heteroatoms. The third-order valence-corrected chi connectivity index (χ3v) is 6.06. The van der Waals surface area contributed by atoms with Crippen molar-refractivity contribution in [1.29, 1.82) is 0 Å². The van der Waals surface area contributed by atoms with E-state index in [2.05, 4.69) is 33.0 Å². The average Bonchev–Trinajstić information content (AvgIpc) is 2.71. The fraction of sp³-hybridized carbons (Fsp3) is 0.500. The molecule has 20 heavy (non-hydrogen) atoms. The predicted octanol–water partition coefficient (Wildman–Crippen LogP) is 2.78. The number of carbonyl (C=O) groups is 1. The van der Waals surface area contributed by atoms with Crippen LogP contribution in [0.4, 0.5) is 0 Å². The number of amides is 1. The highest BCUT2D eigenvalue weighted by Gasteiger charge is 2.65. The van der Waals surface area contributed by atoms with Gasteiger partial charge in [-0.3, -0.25) is 4.79 Å². The van der Waals surface area contributed by atoms with E-state index >= 15 is 0 Å². The number of nitrogens with one attached hydrogen (secondary N) is 1. The first-order valence-corrected chi connectivity index (χ1v) is 8.64. The van der Waals surface area contributed by atoms with E-state index < -0.39 is 9.05 Å². The molecule has 0 saturated heterocycles. The van der Waals surface area contributed by atoms with Gasteiger partial charge in [0, 0.05) is 22.3 Å². The summed E-state index contributed by atoms with van der Waals surface area (Å²) in [5.41, 5.74) is 0.539. The lowest BCUT2D eigenvalue weighted by Crippen LogP contribution is -2.29. The molecule has 1 aromatic rings. The topological polar surface area (TPSA) is 63.2 Å². The molecule has 2 rings (SSSR count). The molecule has 1 N–H and O–H groups in total. The van der Waals surface area contributed by atoms with Gasteiger partial charge in [0.05, 0.1) is 4.90 Å². The van der Waals surface area contributed by atoms with E-state index in [1.807, 2.05) is 0 Å². The number of carbonyl (C=O) groups excluding carboxylic acids is 1. The molecule has 0 heterocycles. The van der Waals surface area contributed by atoms with Gasteiger partial charge in [0.1, 0.15) is 0 Å². The first-order valence-electron chi connectivity index (χ1n) is 6.33. The maximum Gasteiger partial charge on any atom is 0.261 e. The molecule has 1 aliphatic carbocycles. The van der Waals surface area contributed by atoms with Crippen molar-refractivity contribution in [2.75, 3.05) is 0 Å². The van der Waals surface area contributed by atoms with Crippen molar-refractivity contribution in [1.82, 2.24) is 5.32 Å². The summed E-state index contributed by atoms with van der Waals surface area (Å²) in [5, 5.41) is 2.99. The summed E-state index contributed by atoms with van der Waals surface area (Å²) in [7, 11) is 1.48. The quantitative estimate of drug-likeness (QED) is 0.872. The Morgan fingerprint density at radius 3 is 1.90 bits per heavy atom. The Labute approximate surface area is 123 Å². The Bertz CT molecular complexity index is 634. The summed E-state index contributed by atoms with van der Waals surface area (Å²) in [6.45, 7) is 8.45. The Balaban J connectivity index is 2.12. The van der Waals surface area contributed by atoms with Crippen LogP contribution in [-0.2, 0) is 9.05 Å². The van der Waals surface area contributed by atoms with Crippen LogP contribution in [0.15, 0.2) is 29.2 Å². The molecular formula is C14H18ClNO3S. The molecule has 1 aromatic carbocycles. The van der Waals surface area contributed by atoms with E-state index in [0.29, 0.717) is 5.56 Å². The molecule has 1 amide bonds. The number of benzene rings is 1. The average molecular weight is 316 g/mol. The lowest BCUT2D eigenvalue weighted by Gasteiger charge is -2.07. The predicted molar refractivity (Wildman–Crippen MR) is 78.3 cm³/mol. The van der Waals surface area contributed by atoms with Gasteiger partial charge in [0.25, 0.3) is 15.0 Å². The van der Waals surface area contributed by atoms with Crippen LogP contribution in [0.1, 0.15) is 38.1 Å². The summed E-state index contributed by atoms with van der Waals surface area (Å²) >= 11 is 0. The zero-order valence-electron chi connectivity index (χ0n) is 11.9. The second-order valence-corrected chi connectivity index (χ2v) is 8.88. The van der Waals surface area contributed by atoms with Gasteiger partial charge in [0.15, 0.2) is 0 Å². The van der Waals surface area contributed by atoms with Crippen molar-refractivity contribution in [2.24, 2.45) is 10.8 Å². The Hall–Kier alpha value is -1.07. The number of halogens is 1. The maximum atomic E-state index is 12.1. The molecule has 0 atom stereocenters. The third kappa shape index (κ3) is 2.44. The molecule has 0 aliphatic heterocycles. The SMILES string of the molecule is CC1(C)C(NC(=O)c2ccc(S(=O)(=O)Cl)cc2)C1(C)C. The van der Waals surface area contributed by atoms with Crippen molar-refractivity contribution >= 4 is 25.6 Å². The van der Waals surface area contributed by atoms with Gasteiger partial charge in [0.2, 0.25) is 0 Å². The van der Waals surface area contributed by atoms with Crippen LogP contribution in [0, 0.1) is 10.8 Å². The van der Waals surface area contributed by atoms with Crippen molar-refractivity contribution in [3.05, 3.63) is 29.8 Å². The van der Waals surface area contributed by atoms with Crippen LogP contribution >= 0.6 is 10.7 Å². The van der Waals surface area contributed by atoms with E-state index in [0.717, 1.165) is 0 Å². The molecule has 1 aliphatic rings. The van der Waals surface area contributed by atoms with E-state index in [9.17, 15) is 13.2 Å². The molecular weight excluding hydrogens is 298 g/mol. The van der Waals surface area contributed by atoms with Gasteiger partial charge in [-0.1, -0.05) is 27.7 Å². The molecule has 0 unspecified atom stereocenters. The highest BCUT2D eigenvalue weighted by molar-refractivity contribution is 8.13. The van der Waals surface area contributed by atoms with Gasteiger partial charge >= 0.3 is 0 Å². The van der Waals surface area contributed by atoms with Crippen molar-refractivity contribution < 1.29 is 13.2 Å². The third-order valence-electron chi connectivity index (χ3n) is 4.69. The number of rotatable bonds is 3. The van der Waals surface area contributed by atoms with Crippen LogP contribution in [0.3, 0.4) is 0 Å². The lowest BCUT2D eigenvalue weighted by molar-refractivity contribution is 0.0943. The second-order valence-electron chi connectivity index (χ2n) is 6.31. The molecule has 1 saturated carbocycles. The first kappa shape index (κ1) is 15.3. The Kier molecular flexibility index (Phi) is 3.42. The fourth-order valence-corrected chi connectivity index (χ4v) is 3.31. The Morgan fingerprint density at radius 1 is 1.10 bits per heavy atom. The lowest BCUT2D eigenvalue weighted by atomic mass is 10.0. The smallest absolute Gasteiger partial charge is 0.261 e. The zero-order chi connectivity index (χ0) is 15.3. The monoisotopic (exact) mass is 315 g/mol. The maximum absolute atomic E-state index is 12.1. The van der Waals surface area contributed by atoms with Crippen molar-refractivity contribution in [3.8, 4) is 0 Å². The summed E-state index contributed by atoms with van der Waals surface area (Å²) in [6.07, 6.45) is 0. The number of hydrogen-bond acceptors (Lipinski definition) is 3.